The molecule has 0 aromatic carbocycles. The second kappa shape index (κ2) is 5.56. The Morgan fingerprint density at radius 3 is 2.27 bits per heavy atom. The summed E-state index contributed by atoms with van der Waals surface area (Å²) in [4.78, 5) is 0. The van der Waals surface area contributed by atoms with Gasteiger partial charge in [0.15, 0.2) is 5.79 Å². The van der Waals surface area contributed by atoms with Crippen molar-refractivity contribution < 1.29 is 9.47 Å². The van der Waals surface area contributed by atoms with Gasteiger partial charge in [0.1, 0.15) is 0 Å². The highest BCUT2D eigenvalue weighted by atomic mass is 16.7. The van der Waals surface area contributed by atoms with Crippen LogP contribution in [0.3, 0.4) is 0 Å². The van der Waals surface area contributed by atoms with E-state index in [4.69, 9.17) is 9.47 Å². The normalized spacial score (nSPS) is 12.0. The molecule has 0 aliphatic rings. The van der Waals surface area contributed by atoms with E-state index in [1.165, 1.54) is 12.8 Å². The van der Waals surface area contributed by atoms with Crippen LogP contribution in [0.2, 0.25) is 0 Å². The maximum atomic E-state index is 5.46. The van der Waals surface area contributed by atoms with Crippen LogP contribution in [0.5, 0.6) is 0 Å². The summed E-state index contributed by atoms with van der Waals surface area (Å²) in [7, 11) is 1.67. The van der Waals surface area contributed by atoms with E-state index in [0.717, 1.165) is 13.0 Å². The maximum Gasteiger partial charge on any atom is 0.162 e. The SMILES string of the molecule is CCCCCOC(C)(C)OC. The fourth-order valence-electron chi connectivity index (χ4n) is 0.729. The molecule has 0 rings (SSSR count). The number of hydrogen-bond acceptors (Lipinski definition) is 2. The first-order valence-electron chi connectivity index (χ1n) is 4.31. The molecule has 68 valence electrons. The summed E-state index contributed by atoms with van der Waals surface area (Å²) in [5, 5.41) is 0. The summed E-state index contributed by atoms with van der Waals surface area (Å²) in [6.45, 7) is 6.84. The van der Waals surface area contributed by atoms with E-state index in [9.17, 15) is 0 Å². The van der Waals surface area contributed by atoms with Gasteiger partial charge in [-0.1, -0.05) is 19.8 Å². The van der Waals surface area contributed by atoms with Crippen LogP contribution in [0.4, 0.5) is 0 Å². The molecule has 0 atom stereocenters. The Morgan fingerprint density at radius 1 is 1.18 bits per heavy atom. The fraction of sp³-hybridized carbons (Fsp3) is 1.00. The number of hydrogen-bond donors (Lipinski definition) is 0. The van der Waals surface area contributed by atoms with Gasteiger partial charge in [0.2, 0.25) is 0 Å². The van der Waals surface area contributed by atoms with Gasteiger partial charge in [-0.15, -0.1) is 0 Å². The molecule has 0 spiro atoms. The van der Waals surface area contributed by atoms with Gasteiger partial charge in [-0.3, -0.25) is 0 Å². The van der Waals surface area contributed by atoms with E-state index >= 15 is 0 Å². The Balaban J connectivity index is 3.23. The van der Waals surface area contributed by atoms with Crippen molar-refractivity contribution in [3.63, 3.8) is 0 Å². The zero-order valence-corrected chi connectivity index (χ0v) is 8.14. The van der Waals surface area contributed by atoms with Gasteiger partial charge in [-0.2, -0.15) is 0 Å². The molecule has 2 nitrogen and oxygen atoms in total. The van der Waals surface area contributed by atoms with Gasteiger partial charge in [0.25, 0.3) is 0 Å². The molecule has 0 fully saturated rings. The highest BCUT2D eigenvalue weighted by Gasteiger charge is 2.15. The Bertz CT molecular complexity index is 89.6. The Morgan fingerprint density at radius 2 is 1.82 bits per heavy atom. The summed E-state index contributed by atoms with van der Waals surface area (Å²) in [5.41, 5.74) is 0. The molecular weight excluding hydrogens is 140 g/mol. The lowest BCUT2D eigenvalue weighted by Gasteiger charge is -2.23. The summed E-state index contributed by atoms with van der Waals surface area (Å²) >= 11 is 0. The quantitative estimate of drug-likeness (QED) is 0.439. The first-order chi connectivity index (χ1) is 5.12. The van der Waals surface area contributed by atoms with Gasteiger partial charge in [0, 0.05) is 13.7 Å². The highest BCUT2D eigenvalue weighted by Crippen LogP contribution is 2.10. The Kier molecular flexibility index (Phi) is 5.51. The molecule has 0 aliphatic heterocycles. The third kappa shape index (κ3) is 6.32. The Hall–Kier alpha value is -0.0800. The van der Waals surface area contributed by atoms with Gasteiger partial charge < -0.3 is 9.47 Å². The monoisotopic (exact) mass is 160 g/mol. The molecule has 0 N–H and O–H groups in total. The van der Waals surface area contributed by atoms with Gasteiger partial charge in [-0.25, -0.2) is 0 Å². The van der Waals surface area contributed by atoms with Crippen molar-refractivity contribution in [3.8, 4) is 0 Å². The third-order valence-electron chi connectivity index (χ3n) is 1.69. The molecule has 0 aliphatic carbocycles. The predicted molar refractivity (Wildman–Crippen MR) is 46.6 cm³/mol. The van der Waals surface area contributed by atoms with Crippen molar-refractivity contribution in [2.24, 2.45) is 0 Å². The van der Waals surface area contributed by atoms with Crippen molar-refractivity contribution >= 4 is 0 Å². The van der Waals surface area contributed by atoms with Crippen molar-refractivity contribution in [3.05, 3.63) is 0 Å². The molecule has 0 amide bonds. The molecule has 0 saturated heterocycles. The summed E-state index contributed by atoms with van der Waals surface area (Å²) < 4.78 is 10.6. The minimum atomic E-state index is -0.409. The van der Waals surface area contributed by atoms with Crippen molar-refractivity contribution in [1.82, 2.24) is 0 Å². The largest absolute Gasteiger partial charge is 0.354 e. The third-order valence-corrected chi connectivity index (χ3v) is 1.69. The second-order valence-corrected chi connectivity index (χ2v) is 3.16. The van der Waals surface area contributed by atoms with Crippen LogP contribution in [0, 0.1) is 0 Å². The summed E-state index contributed by atoms with van der Waals surface area (Å²) in [6, 6.07) is 0. The molecular formula is C9H20O2. The van der Waals surface area contributed by atoms with Crippen molar-refractivity contribution in [2.75, 3.05) is 13.7 Å². The van der Waals surface area contributed by atoms with E-state index in [2.05, 4.69) is 6.92 Å². The van der Waals surface area contributed by atoms with E-state index < -0.39 is 5.79 Å². The standard InChI is InChI=1S/C9H20O2/c1-5-6-7-8-11-9(2,3)10-4/h5-8H2,1-4H3. The van der Waals surface area contributed by atoms with Crippen LogP contribution < -0.4 is 0 Å². The maximum absolute atomic E-state index is 5.46. The van der Waals surface area contributed by atoms with Crippen LogP contribution in [-0.4, -0.2) is 19.5 Å². The second-order valence-electron chi connectivity index (χ2n) is 3.16. The molecule has 0 heterocycles. The average Bonchev–Trinajstić information content (AvgIpc) is 1.99. The number of rotatable bonds is 6. The first kappa shape index (κ1) is 10.9. The molecule has 0 saturated carbocycles. The molecule has 0 bridgehead atoms. The van der Waals surface area contributed by atoms with E-state index in [-0.39, 0.29) is 0 Å². The molecule has 0 aromatic heterocycles. The minimum Gasteiger partial charge on any atom is -0.354 e. The smallest absolute Gasteiger partial charge is 0.162 e. The molecule has 0 radical (unpaired) electrons. The topological polar surface area (TPSA) is 18.5 Å². The molecule has 0 aromatic rings. The Labute approximate surface area is 69.9 Å². The van der Waals surface area contributed by atoms with Crippen LogP contribution in [0.25, 0.3) is 0 Å². The number of unbranched alkanes of at least 4 members (excludes halogenated alkanes) is 2. The van der Waals surface area contributed by atoms with Crippen molar-refractivity contribution in [2.45, 2.75) is 45.8 Å². The van der Waals surface area contributed by atoms with Gasteiger partial charge in [-0.05, 0) is 20.3 Å². The minimum absolute atomic E-state index is 0.409. The molecule has 11 heavy (non-hydrogen) atoms. The van der Waals surface area contributed by atoms with Crippen LogP contribution in [0.1, 0.15) is 40.0 Å². The lowest BCUT2D eigenvalue weighted by molar-refractivity contribution is -0.197. The van der Waals surface area contributed by atoms with E-state index in [0.29, 0.717) is 0 Å². The van der Waals surface area contributed by atoms with E-state index in [1.54, 1.807) is 7.11 Å². The predicted octanol–water partition coefficient (Wildman–Crippen LogP) is 2.58. The summed E-state index contributed by atoms with van der Waals surface area (Å²) in [5.74, 6) is -0.409. The van der Waals surface area contributed by atoms with Crippen LogP contribution in [-0.2, 0) is 9.47 Å². The lowest BCUT2D eigenvalue weighted by Crippen LogP contribution is -2.26. The van der Waals surface area contributed by atoms with Crippen LogP contribution >= 0.6 is 0 Å². The highest BCUT2D eigenvalue weighted by molar-refractivity contribution is 4.51. The number of methoxy groups -OCH3 is 1. The zero-order chi connectivity index (χ0) is 8.74. The first-order valence-corrected chi connectivity index (χ1v) is 4.31. The zero-order valence-electron chi connectivity index (χ0n) is 8.14. The lowest BCUT2D eigenvalue weighted by atomic mass is 10.3. The summed E-state index contributed by atoms with van der Waals surface area (Å²) in [6.07, 6.45) is 3.60. The van der Waals surface area contributed by atoms with Gasteiger partial charge in [0.05, 0.1) is 0 Å². The molecule has 0 unspecified atom stereocenters. The molecule has 2 heteroatoms. The number of ether oxygens (including phenoxy) is 2. The fourth-order valence-corrected chi connectivity index (χ4v) is 0.729. The van der Waals surface area contributed by atoms with Crippen molar-refractivity contribution in [1.29, 1.82) is 0 Å². The average molecular weight is 160 g/mol. The van der Waals surface area contributed by atoms with Crippen LogP contribution in [0.15, 0.2) is 0 Å². The van der Waals surface area contributed by atoms with E-state index in [1.807, 2.05) is 13.8 Å². The van der Waals surface area contributed by atoms with Gasteiger partial charge >= 0.3 is 0 Å².